The maximum absolute atomic E-state index is 12.9. The van der Waals surface area contributed by atoms with Crippen LogP contribution in [0.25, 0.3) is 0 Å². The number of carbonyl (C=O) groups is 1. The molecule has 21 heavy (non-hydrogen) atoms. The molecule has 2 aliphatic carbocycles. The van der Waals surface area contributed by atoms with Gasteiger partial charge in [-0.05, 0) is 50.9 Å². The number of hydrogen-bond acceptors (Lipinski definition) is 2. The first-order valence-electron chi connectivity index (χ1n) is 8.70. The fraction of sp³-hybridized carbons (Fsp3) is 0.842. The summed E-state index contributed by atoms with van der Waals surface area (Å²) in [7, 11) is 0. The highest BCUT2D eigenvalue weighted by molar-refractivity contribution is 5.99. The van der Waals surface area contributed by atoms with Crippen molar-refractivity contribution in [2.45, 2.75) is 85.5 Å². The molecule has 1 N–H and O–H groups in total. The van der Waals surface area contributed by atoms with Crippen LogP contribution in [-0.4, -0.2) is 10.9 Å². The zero-order chi connectivity index (χ0) is 15.7. The Balaban J connectivity index is 2.10. The van der Waals surface area contributed by atoms with Gasteiger partial charge in [0.25, 0.3) is 0 Å². The standard InChI is InChI=1S/C19H32O2/c1-14(16(20)15-8-6-5-7-9-15)17(21)19(4)12-10-18(2,3)11-13-19/h15,20H,5-13H2,1-4H3/b16-14-. The van der Waals surface area contributed by atoms with Gasteiger partial charge in [0.1, 0.15) is 5.76 Å². The summed E-state index contributed by atoms with van der Waals surface area (Å²) in [6.07, 6.45) is 9.83. The molecule has 120 valence electrons. The van der Waals surface area contributed by atoms with Crippen molar-refractivity contribution in [3.05, 3.63) is 11.3 Å². The molecule has 0 unspecified atom stereocenters. The summed E-state index contributed by atoms with van der Waals surface area (Å²) in [5, 5.41) is 10.5. The van der Waals surface area contributed by atoms with Crippen LogP contribution in [0.3, 0.4) is 0 Å². The maximum Gasteiger partial charge on any atom is 0.167 e. The Bertz CT molecular complexity index is 415. The van der Waals surface area contributed by atoms with Crippen molar-refractivity contribution in [1.82, 2.24) is 0 Å². The lowest BCUT2D eigenvalue weighted by molar-refractivity contribution is -0.127. The molecule has 2 heteroatoms. The second-order valence-electron chi connectivity index (χ2n) is 8.40. The van der Waals surface area contributed by atoms with Crippen molar-refractivity contribution >= 4 is 5.78 Å². The van der Waals surface area contributed by atoms with E-state index in [9.17, 15) is 9.90 Å². The highest BCUT2D eigenvalue weighted by atomic mass is 16.3. The molecule has 2 saturated carbocycles. The maximum atomic E-state index is 12.9. The van der Waals surface area contributed by atoms with E-state index in [0.29, 0.717) is 16.7 Å². The minimum absolute atomic E-state index is 0.195. The molecule has 2 fully saturated rings. The summed E-state index contributed by atoms with van der Waals surface area (Å²) in [6.45, 7) is 8.53. The van der Waals surface area contributed by atoms with Gasteiger partial charge in [-0.3, -0.25) is 4.79 Å². The quantitative estimate of drug-likeness (QED) is 0.545. The minimum Gasteiger partial charge on any atom is -0.512 e. The molecule has 2 rings (SSSR count). The SMILES string of the molecule is C/C(C(=O)C1(C)CCC(C)(C)CC1)=C(/O)C1CCCCC1. The zero-order valence-electron chi connectivity index (χ0n) is 14.3. The van der Waals surface area contributed by atoms with Gasteiger partial charge < -0.3 is 5.11 Å². The Morgan fingerprint density at radius 3 is 2.00 bits per heavy atom. The van der Waals surface area contributed by atoms with Gasteiger partial charge in [-0.15, -0.1) is 0 Å². The molecule has 0 atom stereocenters. The van der Waals surface area contributed by atoms with Crippen LogP contribution in [0.1, 0.15) is 85.5 Å². The molecule has 0 saturated heterocycles. The molecule has 0 aromatic rings. The average molecular weight is 292 g/mol. The van der Waals surface area contributed by atoms with Crippen molar-refractivity contribution in [3.8, 4) is 0 Å². The summed E-state index contributed by atoms with van der Waals surface area (Å²) in [6, 6.07) is 0. The van der Waals surface area contributed by atoms with Gasteiger partial charge in [0.2, 0.25) is 0 Å². The van der Waals surface area contributed by atoms with E-state index in [2.05, 4.69) is 20.8 Å². The van der Waals surface area contributed by atoms with Crippen molar-refractivity contribution in [2.24, 2.45) is 16.7 Å². The normalized spacial score (nSPS) is 27.0. The monoisotopic (exact) mass is 292 g/mol. The Labute approximate surface area is 130 Å². The smallest absolute Gasteiger partial charge is 0.167 e. The number of ketones is 1. The van der Waals surface area contributed by atoms with Crippen molar-refractivity contribution < 1.29 is 9.90 Å². The van der Waals surface area contributed by atoms with Crippen molar-refractivity contribution in [1.29, 1.82) is 0 Å². The minimum atomic E-state index is -0.262. The van der Waals surface area contributed by atoms with Crippen molar-refractivity contribution in [2.75, 3.05) is 0 Å². The summed E-state index contributed by atoms with van der Waals surface area (Å²) in [5.74, 6) is 0.818. The highest BCUT2D eigenvalue weighted by Crippen LogP contribution is 2.46. The van der Waals surface area contributed by atoms with Gasteiger partial charge in [-0.2, -0.15) is 0 Å². The van der Waals surface area contributed by atoms with Crippen LogP contribution in [0.4, 0.5) is 0 Å². The third-order valence-corrected chi connectivity index (χ3v) is 5.97. The third kappa shape index (κ3) is 3.70. The predicted octanol–water partition coefficient (Wildman–Crippen LogP) is 5.57. The van der Waals surface area contributed by atoms with Crippen LogP contribution in [0, 0.1) is 16.7 Å². The second kappa shape index (κ2) is 6.14. The lowest BCUT2D eigenvalue weighted by Gasteiger charge is -2.40. The van der Waals surface area contributed by atoms with Gasteiger partial charge >= 0.3 is 0 Å². The Morgan fingerprint density at radius 1 is 0.952 bits per heavy atom. The van der Waals surface area contributed by atoms with Crippen LogP contribution in [-0.2, 0) is 4.79 Å². The molecule has 0 aromatic heterocycles. The highest BCUT2D eigenvalue weighted by Gasteiger charge is 2.41. The molecule has 0 aromatic carbocycles. The van der Waals surface area contributed by atoms with Gasteiger partial charge in [-0.25, -0.2) is 0 Å². The second-order valence-corrected chi connectivity index (χ2v) is 8.40. The molecule has 0 aliphatic heterocycles. The van der Waals surface area contributed by atoms with Crippen LogP contribution in [0.15, 0.2) is 11.3 Å². The van der Waals surface area contributed by atoms with Gasteiger partial charge in [0.05, 0.1) is 0 Å². The lowest BCUT2D eigenvalue weighted by Crippen LogP contribution is -2.36. The molecule has 2 nitrogen and oxygen atoms in total. The Morgan fingerprint density at radius 2 is 1.48 bits per heavy atom. The molecule has 0 amide bonds. The average Bonchev–Trinajstić information content (AvgIpc) is 2.49. The number of Topliss-reactive ketones (excluding diaryl/α,β-unsaturated/α-hetero) is 1. The number of rotatable bonds is 3. The lowest BCUT2D eigenvalue weighted by atomic mass is 9.63. The molecule has 0 bridgehead atoms. The fourth-order valence-electron chi connectivity index (χ4n) is 3.96. The van der Waals surface area contributed by atoms with Crippen LogP contribution < -0.4 is 0 Å². The van der Waals surface area contributed by atoms with Gasteiger partial charge in [-0.1, -0.05) is 40.0 Å². The first-order chi connectivity index (χ1) is 9.75. The summed E-state index contributed by atoms with van der Waals surface area (Å²) >= 11 is 0. The van der Waals surface area contributed by atoms with Crippen LogP contribution in [0.2, 0.25) is 0 Å². The summed E-state index contributed by atoms with van der Waals surface area (Å²) in [5.41, 5.74) is 0.745. The first-order valence-corrected chi connectivity index (χ1v) is 8.70. The third-order valence-electron chi connectivity index (χ3n) is 5.97. The number of aliphatic hydroxyl groups is 1. The summed E-state index contributed by atoms with van der Waals surface area (Å²) in [4.78, 5) is 12.9. The molecule has 0 heterocycles. The Hall–Kier alpha value is -0.790. The number of carbonyl (C=O) groups excluding carboxylic acids is 1. The topological polar surface area (TPSA) is 37.3 Å². The molecular weight excluding hydrogens is 260 g/mol. The number of hydrogen-bond donors (Lipinski definition) is 1. The van der Waals surface area contributed by atoms with Crippen LogP contribution >= 0.6 is 0 Å². The van der Waals surface area contributed by atoms with E-state index in [1.807, 2.05) is 6.92 Å². The van der Waals surface area contributed by atoms with Gasteiger partial charge in [0.15, 0.2) is 5.78 Å². The fourth-order valence-corrected chi connectivity index (χ4v) is 3.96. The van der Waals surface area contributed by atoms with E-state index >= 15 is 0 Å². The van der Waals surface area contributed by atoms with E-state index in [1.165, 1.54) is 19.3 Å². The predicted molar refractivity (Wildman–Crippen MR) is 87.3 cm³/mol. The molecule has 2 aliphatic rings. The van der Waals surface area contributed by atoms with E-state index < -0.39 is 0 Å². The van der Waals surface area contributed by atoms with Crippen molar-refractivity contribution in [3.63, 3.8) is 0 Å². The molecule has 0 spiro atoms. The molecule has 0 radical (unpaired) electrons. The summed E-state index contributed by atoms with van der Waals surface area (Å²) < 4.78 is 0. The zero-order valence-corrected chi connectivity index (χ0v) is 14.3. The Kier molecular flexibility index (Phi) is 4.85. The molecular formula is C19H32O2. The number of allylic oxidation sites excluding steroid dienone is 2. The largest absolute Gasteiger partial charge is 0.512 e. The van der Waals surface area contributed by atoms with Gasteiger partial charge in [0, 0.05) is 16.9 Å². The van der Waals surface area contributed by atoms with E-state index in [-0.39, 0.29) is 17.1 Å². The number of aliphatic hydroxyl groups excluding tert-OH is 1. The van der Waals surface area contributed by atoms with E-state index in [0.717, 1.165) is 38.5 Å². The van der Waals surface area contributed by atoms with E-state index in [4.69, 9.17) is 0 Å². The first kappa shape index (κ1) is 16.6. The van der Waals surface area contributed by atoms with Crippen LogP contribution in [0.5, 0.6) is 0 Å². The van der Waals surface area contributed by atoms with E-state index in [1.54, 1.807) is 0 Å².